The van der Waals surface area contributed by atoms with Crippen molar-refractivity contribution in [1.29, 1.82) is 0 Å². The highest BCUT2D eigenvalue weighted by atomic mass is 19.1. The van der Waals surface area contributed by atoms with Gasteiger partial charge in [-0.05, 0) is 32.4 Å². The van der Waals surface area contributed by atoms with E-state index in [1.807, 2.05) is 0 Å². The van der Waals surface area contributed by atoms with Crippen molar-refractivity contribution >= 4 is 5.91 Å². The Morgan fingerprint density at radius 1 is 1.50 bits per heavy atom. The molecule has 1 aliphatic rings. The Labute approximate surface area is 118 Å². The quantitative estimate of drug-likeness (QED) is 0.917. The van der Waals surface area contributed by atoms with Gasteiger partial charge < -0.3 is 10.1 Å². The number of methoxy groups -OCH3 is 1. The van der Waals surface area contributed by atoms with Gasteiger partial charge >= 0.3 is 0 Å². The maximum atomic E-state index is 13.8. The fraction of sp³-hybridized carbons (Fsp3) is 0.533. The van der Waals surface area contributed by atoms with E-state index in [1.54, 1.807) is 6.07 Å². The normalized spacial score (nSPS) is 19.4. The van der Waals surface area contributed by atoms with Crippen molar-refractivity contribution in [3.8, 4) is 5.75 Å². The van der Waals surface area contributed by atoms with Gasteiger partial charge in [-0.15, -0.1) is 0 Å². The maximum absolute atomic E-state index is 13.8. The molecular weight excluding hydrogens is 259 g/mol. The van der Waals surface area contributed by atoms with Gasteiger partial charge in [0.05, 0.1) is 12.7 Å². The van der Waals surface area contributed by atoms with Crippen LogP contribution in [0.1, 0.15) is 30.6 Å². The standard InChI is InChI=1S/C15H21FN2O2/c1-10(2)18-7-6-11(9-18)17-15(19)13-5-4-12(20-3)8-14(13)16/h4-5,8,10-11H,6-7,9H2,1-3H3,(H,17,19). The minimum atomic E-state index is -0.555. The van der Waals surface area contributed by atoms with E-state index in [1.165, 1.54) is 19.2 Å². The van der Waals surface area contributed by atoms with Crippen LogP contribution >= 0.6 is 0 Å². The summed E-state index contributed by atoms with van der Waals surface area (Å²) in [5.74, 6) is -0.507. The molecule has 1 aromatic carbocycles. The number of halogens is 1. The number of likely N-dealkylation sites (tertiary alicyclic amines) is 1. The van der Waals surface area contributed by atoms with Crippen molar-refractivity contribution in [3.63, 3.8) is 0 Å². The van der Waals surface area contributed by atoms with Crippen molar-refractivity contribution in [3.05, 3.63) is 29.6 Å². The first kappa shape index (κ1) is 14.8. The first-order valence-electron chi connectivity index (χ1n) is 6.89. The fourth-order valence-electron chi connectivity index (χ4n) is 2.44. The largest absolute Gasteiger partial charge is 0.497 e. The van der Waals surface area contributed by atoms with Gasteiger partial charge in [0.2, 0.25) is 0 Å². The van der Waals surface area contributed by atoms with Crippen LogP contribution in [0.3, 0.4) is 0 Å². The van der Waals surface area contributed by atoms with Crippen LogP contribution in [0.15, 0.2) is 18.2 Å². The molecule has 0 aliphatic carbocycles. The zero-order valence-electron chi connectivity index (χ0n) is 12.1. The summed E-state index contributed by atoms with van der Waals surface area (Å²) in [4.78, 5) is 14.4. The molecule has 110 valence electrons. The zero-order valence-corrected chi connectivity index (χ0v) is 12.1. The lowest BCUT2D eigenvalue weighted by Gasteiger charge is -2.20. The average Bonchev–Trinajstić information content (AvgIpc) is 2.87. The highest BCUT2D eigenvalue weighted by molar-refractivity contribution is 5.94. The van der Waals surface area contributed by atoms with Gasteiger partial charge in [-0.3, -0.25) is 9.69 Å². The molecule has 20 heavy (non-hydrogen) atoms. The summed E-state index contributed by atoms with van der Waals surface area (Å²) in [6, 6.07) is 4.83. The van der Waals surface area contributed by atoms with Crippen molar-refractivity contribution in [2.45, 2.75) is 32.4 Å². The summed E-state index contributed by atoms with van der Waals surface area (Å²) < 4.78 is 18.7. The smallest absolute Gasteiger partial charge is 0.254 e. The summed E-state index contributed by atoms with van der Waals surface area (Å²) in [5, 5.41) is 2.90. The highest BCUT2D eigenvalue weighted by Gasteiger charge is 2.26. The van der Waals surface area contributed by atoms with Crippen molar-refractivity contribution in [1.82, 2.24) is 10.2 Å². The number of carbonyl (C=O) groups is 1. The molecular formula is C15H21FN2O2. The number of carbonyl (C=O) groups excluding carboxylic acids is 1. The number of hydrogen-bond donors (Lipinski definition) is 1. The van der Waals surface area contributed by atoms with Crippen molar-refractivity contribution in [2.24, 2.45) is 0 Å². The maximum Gasteiger partial charge on any atom is 0.254 e. The summed E-state index contributed by atoms with van der Waals surface area (Å²) in [7, 11) is 1.47. The molecule has 1 fully saturated rings. The summed E-state index contributed by atoms with van der Waals surface area (Å²) in [5.41, 5.74) is 0.0637. The van der Waals surface area contributed by atoms with Gasteiger partial charge in [0.1, 0.15) is 11.6 Å². The van der Waals surface area contributed by atoms with Crippen LogP contribution in [0.2, 0.25) is 0 Å². The lowest BCUT2D eigenvalue weighted by Crippen LogP contribution is -2.38. The van der Waals surface area contributed by atoms with Gasteiger partial charge in [0.15, 0.2) is 0 Å². The van der Waals surface area contributed by atoms with E-state index in [2.05, 4.69) is 24.1 Å². The number of hydrogen-bond acceptors (Lipinski definition) is 3. The average molecular weight is 280 g/mol. The van der Waals surface area contributed by atoms with E-state index < -0.39 is 5.82 Å². The Morgan fingerprint density at radius 3 is 2.80 bits per heavy atom. The van der Waals surface area contributed by atoms with Gasteiger partial charge in [-0.1, -0.05) is 0 Å². The monoisotopic (exact) mass is 280 g/mol. The molecule has 1 heterocycles. The molecule has 2 rings (SSSR count). The number of amides is 1. The Balaban J connectivity index is 1.99. The second-order valence-corrected chi connectivity index (χ2v) is 5.39. The van der Waals surface area contributed by atoms with Crippen LogP contribution < -0.4 is 10.1 Å². The molecule has 4 nitrogen and oxygen atoms in total. The van der Waals surface area contributed by atoms with Crippen LogP contribution in [-0.4, -0.2) is 43.1 Å². The Kier molecular flexibility index (Phi) is 4.60. The van der Waals surface area contributed by atoms with Gasteiger partial charge in [0, 0.05) is 31.2 Å². The molecule has 5 heteroatoms. The van der Waals surface area contributed by atoms with E-state index >= 15 is 0 Å². The number of ether oxygens (including phenoxy) is 1. The first-order valence-corrected chi connectivity index (χ1v) is 6.89. The molecule has 0 spiro atoms. The van der Waals surface area contributed by atoms with E-state index in [4.69, 9.17) is 4.74 Å². The molecule has 1 aliphatic heterocycles. The summed E-state index contributed by atoms with van der Waals surface area (Å²) >= 11 is 0. The van der Waals surface area contributed by atoms with Crippen LogP contribution in [0.25, 0.3) is 0 Å². The van der Waals surface area contributed by atoms with Gasteiger partial charge in [-0.2, -0.15) is 0 Å². The van der Waals surface area contributed by atoms with E-state index in [9.17, 15) is 9.18 Å². The third-order valence-corrected chi connectivity index (χ3v) is 3.71. The van der Waals surface area contributed by atoms with Gasteiger partial charge in [-0.25, -0.2) is 4.39 Å². The molecule has 1 N–H and O–H groups in total. The molecule has 0 saturated carbocycles. The van der Waals surface area contributed by atoms with E-state index in [-0.39, 0.29) is 17.5 Å². The SMILES string of the molecule is COc1ccc(C(=O)NC2CCN(C(C)C)C2)c(F)c1. The van der Waals surface area contributed by atoms with Gasteiger partial charge in [0.25, 0.3) is 5.91 Å². The molecule has 0 bridgehead atoms. The number of benzene rings is 1. The minimum absolute atomic E-state index is 0.0637. The third kappa shape index (κ3) is 3.28. The molecule has 0 aromatic heterocycles. The summed E-state index contributed by atoms with van der Waals surface area (Å²) in [6.45, 7) is 6.05. The van der Waals surface area contributed by atoms with Crippen molar-refractivity contribution < 1.29 is 13.9 Å². The Bertz CT molecular complexity index is 491. The topological polar surface area (TPSA) is 41.6 Å². The van der Waals surface area contributed by atoms with E-state index in [0.717, 1.165) is 19.5 Å². The lowest BCUT2D eigenvalue weighted by molar-refractivity contribution is 0.0932. The number of nitrogens with zero attached hydrogens (tertiary/aromatic N) is 1. The zero-order chi connectivity index (χ0) is 14.7. The van der Waals surface area contributed by atoms with Crippen LogP contribution in [0, 0.1) is 5.82 Å². The Morgan fingerprint density at radius 2 is 2.25 bits per heavy atom. The van der Waals surface area contributed by atoms with Crippen molar-refractivity contribution in [2.75, 3.05) is 20.2 Å². The molecule has 1 saturated heterocycles. The van der Waals surface area contributed by atoms with Crippen LogP contribution in [0.4, 0.5) is 4.39 Å². The van der Waals surface area contributed by atoms with Crippen LogP contribution in [-0.2, 0) is 0 Å². The number of rotatable bonds is 4. The minimum Gasteiger partial charge on any atom is -0.497 e. The lowest BCUT2D eigenvalue weighted by atomic mass is 10.1. The fourth-order valence-corrected chi connectivity index (χ4v) is 2.44. The molecule has 1 aromatic rings. The Hall–Kier alpha value is -1.62. The molecule has 1 amide bonds. The second kappa shape index (κ2) is 6.22. The predicted molar refractivity (Wildman–Crippen MR) is 75.5 cm³/mol. The molecule has 0 radical (unpaired) electrons. The number of nitrogens with one attached hydrogen (secondary N) is 1. The second-order valence-electron chi connectivity index (χ2n) is 5.39. The predicted octanol–water partition coefficient (Wildman–Crippen LogP) is 2.05. The highest BCUT2D eigenvalue weighted by Crippen LogP contribution is 2.17. The van der Waals surface area contributed by atoms with Crippen LogP contribution in [0.5, 0.6) is 5.75 Å². The van der Waals surface area contributed by atoms with E-state index in [0.29, 0.717) is 11.8 Å². The first-order chi connectivity index (χ1) is 9.51. The third-order valence-electron chi connectivity index (χ3n) is 3.71. The summed E-state index contributed by atoms with van der Waals surface area (Å²) in [6.07, 6.45) is 0.904. The molecule has 1 unspecified atom stereocenters. The molecule has 1 atom stereocenters.